The summed E-state index contributed by atoms with van der Waals surface area (Å²) in [5, 5.41) is 0. The van der Waals surface area contributed by atoms with Crippen LogP contribution in [0.3, 0.4) is 0 Å². The highest BCUT2D eigenvalue weighted by Crippen LogP contribution is 2.29. The summed E-state index contributed by atoms with van der Waals surface area (Å²) >= 11 is 0. The summed E-state index contributed by atoms with van der Waals surface area (Å²) < 4.78 is 5.37. The second-order valence-corrected chi connectivity index (χ2v) is 5.35. The largest absolute Gasteiger partial charge is 0.384 e. The molecule has 0 bridgehead atoms. The van der Waals surface area contributed by atoms with Crippen molar-refractivity contribution in [2.24, 2.45) is 5.92 Å². The van der Waals surface area contributed by atoms with Gasteiger partial charge in [-0.15, -0.1) is 0 Å². The van der Waals surface area contributed by atoms with E-state index in [-0.39, 0.29) is 0 Å². The van der Waals surface area contributed by atoms with Crippen molar-refractivity contribution in [1.29, 1.82) is 0 Å². The van der Waals surface area contributed by atoms with Crippen LogP contribution in [0.4, 0.5) is 11.6 Å². The average molecular weight is 264 g/mol. The Morgan fingerprint density at radius 3 is 2.95 bits per heavy atom. The number of anilines is 2. The zero-order chi connectivity index (χ0) is 13.8. The molecule has 0 amide bonds. The first kappa shape index (κ1) is 14.1. The maximum atomic E-state index is 5.89. The fourth-order valence-corrected chi connectivity index (χ4v) is 2.68. The monoisotopic (exact) mass is 264 g/mol. The van der Waals surface area contributed by atoms with Crippen molar-refractivity contribution < 1.29 is 4.74 Å². The Balaban J connectivity index is 2.21. The van der Waals surface area contributed by atoms with Crippen LogP contribution in [0, 0.1) is 5.92 Å². The minimum atomic E-state index is 0.425. The third kappa shape index (κ3) is 3.35. The van der Waals surface area contributed by atoms with Crippen LogP contribution in [0.1, 0.15) is 39.4 Å². The number of nitrogen functional groups attached to an aromatic ring is 1. The smallest absolute Gasteiger partial charge is 0.158 e. The third-order valence-corrected chi connectivity index (χ3v) is 3.58. The first-order valence-electron chi connectivity index (χ1n) is 7.09. The third-order valence-electron chi connectivity index (χ3n) is 3.58. The Morgan fingerprint density at radius 1 is 1.47 bits per heavy atom. The van der Waals surface area contributed by atoms with E-state index in [9.17, 15) is 0 Å². The van der Waals surface area contributed by atoms with Crippen molar-refractivity contribution >= 4 is 11.6 Å². The summed E-state index contributed by atoms with van der Waals surface area (Å²) in [6.45, 7) is 8.61. The molecule has 5 nitrogen and oxygen atoms in total. The number of nitrogens with zero attached hydrogens (tertiary/aromatic N) is 3. The molecule has 1 atom stereocenters. The minimum absolute atomic E-state index is 0.425. The van der Waals surface area contributed by atoms with Crippen LogP contribution in [0.5, 0.6) is 0 Å². The molecule has 1 aliphatic heterocycles. The molecule has 0 saturated carbocycles. The maximum Gasteiger partial charge on any atom is 0.158 e. The van der Waals surface area contributed by atoms with Gasteiger partial charge in [0.2, 0.25) is 0 Å². The van der Waals surface area contributed by atoms with Crippen molar-refractivity contribution in [2.75, 3.05) is 23.8 Å². The molecule has 2 heterocycles. The van der Waals surface area contributed by atoms with Crippen molar-refractivity contribution in [3.8, 4) is 0 Å². The Bertz CT molecular complexity index is 422. The lowest BCUT2D eigenvalue weighted by molar-refractivity contribution is 0.128. The number of ether oxygens (including phenoxy) is 1. The van der Waals surface area contributed by atoms with Crippen LogP contribution in [-0.4, -0.2) is 29.2 Å². The highest BCUT2D eigenvalue weighted by atomic mass is 16.5. The SMILES string of the molecule is CCOCc1nc(N)cc(N2CCCC2C(C)C)n1. The molecule has 1 aromatic rings. The normalized spacial score (nSPS) is 19.4. The molecule has 0 radical (unpaired) electrons. The Kier molecular flexibility index (Phi) is 4.58. The van der Waals surface area contributed by atoms with E-state index in [1.54, 1.807) is 0 Å². The summed E-state index contributed by atoms with van der Waals surface area (Å²) in [5.41, 5.74) is 5.89. The first-order chi connectivity index (χ1) is 9.11. The van der Waals surface area contributed by atoms with Gasteiger partial charge in [0, 0.05) is 25.3 Å². The van der Waals surface area contributed by atoms with E-state index in [4.69, 9.17) is 10.5 Å². The molecular weight excluding hydrogens is 240 g/mol. The molecule has 1 aliphatic rings. The van der Waals surface area contributed by atoms with Crippen molar-refractivity contribution in [3.05, 3.63) is 11.9 Å². The van der Waals surface area contributed by atoms with Crippen LogP contribution in [-0.2, 0) is 11.3 Å². The summed E-state index contributed by atoms with van der Waals surface area (Å²) in [6, 6.07) is 2.42. The van der Waals surface area contributed by atoms with Crippen LogP contribution in [0.15, 0.2) is 6.07 Å². The lowest BCUT2D eigenvalue weighted by Crippen LogP contribution is -2.34. The number of hydrogen-bond acceptors (Lipinski definition) is 5. The molecule has 0 spiro atoms. The summed E-state index contributed by atoms with van der Waals surface area (Å²) in [4.78, 5) is 11.2. The summed E-state index contributed by atoms with van der Waals surface area (Å²) in [7, 11) is 0. The summed E-state index contributed by atoms with van der Waals surface area (Å²) in [5.74, 6) is 2.76. The van der Waals surface area contributed by atoms with Gasteiger partial charge in [-0.2, -0.15) is 0 Å². The van der Waals surface area contributed by atoms with Crippen molar-refractivity contribution in [2.45, 2.75) is 46.3 Å². The molecule has 19 heavy (non-hydrogen) atoms. The standard InChI is InChI=1S/C14H24N4O/c1-4-19-9-13-16-12(15)8-14(17-13)18-7-5-6-11(18)10(2)3/h8,10-11H,4-7,9H2,1-3H3,(H2,15,16,17). The molecule has 1 aromatic heterocycles. The second kappa shape index (κ2) is 6.19. The van der Waals surface area contributed by atoms with E-state index < -0.39 is 0 Å². The van der Waals surface area contributed by atoms with E-state index >= 15 is 0 Å². The van der Waals surface area contributed by atoms with Gasteiger partial charge in [0.1, 0.15) is 18.2 Å². The van der Waals surface area contributed by atoms with E-state index in [2.05, 4.69) is 28.7 Å². The van der Waals surface area contributed by atoms with Gasteiger partial charge in [-0.3, -0.25) is 0 Å². The molecule has 2 rings (SSSR count). The molecule has 0 aliphatic carbocycles. The fourth-order valence-electron chi connectivity index (χ4n) is 2.68. The first-order valence-corrected chi connectivity index (χ1v) is 7.09. The molecule has 0 aromatic carbocycles. The van der Waals surface area contributed by atoms with Gasteiger partial charge in [0.15, 0.2) is 5.82 Å². The highest BCUT2D eigenvalue weighted by molar-refractivity contribution is 5.48. The predicted octanol–water partition coefficient (Wildman–Crippen LogP) is 2.22. The molecule has 1 fully saturated rings. The van der Waals surface area contributed by atoms with Crippen molar-refractivity contribution in [3.63, 3.8) is 0 Å². The van der Waals surface area contributed by atoms with E-state index in [1.165, 1.54) is 12.8 Å². The highest BCUT2D eigenvalue weighted by Gasteiger charge is 2.28. The molecule has 5 heteroatoms. The Labute approximate surface area is 115 Å². The van der Waals surface area contributed by atoms with Crippen molar-refractivity contribution in [1.82, 2.24) is 9.97 Å². The van der Waals surface area contributed by atoms with Gasteiger partial charge in [-0.25, -0.2) is 9.97 Å². The predicted molar refractivity (Wildman–Crippen MR) is 77.0 cm³/mol. The number of aromatic nitrogens is 2. The Morgan fingerprint density at radius 2 is 2.26 bits per heavy atom. The van der Waals surface area contributed by atoms with Gasteiger partial charge in [0.05, 0.1) is 0 Å². The van der Waals surface area contributed by atoms with Crippen LogP contribution < -0.4 is 10.6 Å². The van der Waals surface area contributed by atoms with E-state index in [0.717, 1.165) is 12.4 Å². The minimum Gasteiger partial charge on any atom is -0.384 e. The van der Waals surface area contributed by atoms with Gasteiger partial charge < -0.3 is 15.4 Å². The van der Waals surface area contributed by atoms with Crippen LogP contribution >= 0.6 is 0 Å². The topological polar surface area (TPSA) is 64.3 Å². The summed E-state index contributed by atoms with van der Waals surface area (Å²) in [6.07, 6.45) is 2.44. The van der Waals surface area contributed by atoms with Crippen LogP contribution in [0.2, 0.25) is 0 Å². The molecule has 106 valence electrons. The average Bonchev–Trinajstić information content (AvgIpc) is 2.85. The van der Waals surface area contributed by atoms with Gasteiger partial charge in [0.25, 0.3) is 0 Å². The molecular formula is C14H24N4O. The van der Waals surface area contributed by atoms with Gasteiger partial charge >= 0.3 is 0 Å². The van der Waals surface area contributed by atoms with Gasteiger partial charge in [-0.1, -0.05) is 13.8 Å². The number of nitrogens with two attached hydrogens (primary N) is 1. The number of rotatable bonds is 5. The van der Waals surface area contributed by atoms with E-state index in [0.29, 0.717) is 36.8 Å². The lowest BCUT2D eigenvalue weighted by atomic mass is 10.0. The molecule has 1 saturated heterocycles. The lowest BCUT2D eigenvalue weighted by Gasteiger charge is -2.29. The van der Waals surface area contributed by atoms with Gasteiger partial charge in [-0.05, 0) is 25.7 Å². The van der Waals surface area contributed by atoms with Crippen LogP contribution in [0.25, 0.3) is 0 Å². The number of hydrogen-bond donors (Lipinski definition) is 1. The quantitative estimate of drug-likeness (QED) is 0.883. The van der Waals surface area contributed by atoms with E-state index in [1.807, 2.05) is 13.0 Å². The molecule has 2 N–H and O–H groups in total. The maximum absolute atomic E-state index is 5.89. The molecule has 1 unspecified atom stereocenters. The zero-order valence-electron chi connectivity index (χ0n) is 12.1. The zero-order valence-corrected chi connectivity index (χ0v) is 12.1. The second-order valence-electron chi connectivity index (χ2n) is 5.35. The fraction of sp³-hybridized carbons (Fsp3) is 0.714. The Hall–Kier alpha value is -1.36.